The summed E-state index contributed by atoms with van der Waals surface area (Å²) in [4.78, 5) is 7.58. The largest absolute Gasteiger partial charge is 0.292 e. The molecule has 0 aliphatic heterocycles. The fraction of sp³-hybridized carbons (Fsp3) is 0.600. The molecule has 7 nitrogen and oxygen atoms in total. The summed E-state index contributed by atoms with van der Waals surface area (Å²) >= 11 is 0. The van der Waals surface area contributed by atoms with Gasteiger partial charge in [-0.2, -0.15) is 0 Å². The average molecular weight is 271 g/mol. The van der Waals surface area contributed by atoms with Crippen molar-refractivity contribution in [1.82, 2.24) is 14.7 Å². The summed E-state index contributed by atoms with van der Waals surface area (Å²) in [7, 11) is -3.53. The molecule has 1 aliphatic carbocycles. The minimum absolute atomic E-state index is 0.0416. The number of hydrazine groups is 1. The highest BCUT2D eigenvalue weighted by Crippen LogP contribution is 2.51. The first kappa shape index (κ1) is 13.2. The minimum Gasteiger partial charge on any atom is -0.292 e. The van der Waals surface area contributed by atoms with Gasteiger partial charge in [0, 0.05) is 6.54 Å². The van der Waals surface area contributed by atoms with Gasteiger partial charge >= 0.3 is 0 Å². The SMILES string of the molecule is CC1(C)CC1CNS(=O)(=O)c1cnc(NN)nc1. The molecule has 0 amide bonds. The Kier molecular flexibility index (Phi) is 3.26. The molecule has 0 aromatic carbocycles. The molecule has 1 fully saturated rings. The molecule has 2 rings (SSSR count). The second kappa shape index (κ2) is 4.45. The lowest BCUT2D eigenvalue weighted by atomic mass is 10.1. The van der Waals surface area contributed by atoms with Crippen LogP contribution in [0.4, 0.5) is 5.95 Å². The van der Waals surface area contributed by atoms with Gasteiger partial charge in [0.15, 0.2) is 0 Å². The van der Waals surface area contributed by atoms with Crippen molar-refractivity contribution in [1.29, 1.82) is 0 Å². The Morgan fingerprint density at radius 2 is 2.00 bits per heavy atom. The summed E-state index contributed by atoms with van der Waals surface area (Å²) in [5, 5.41) is 0. The lowest BCUT2D eigenvalue weighted by molar-refractivity contribution is 0.537. The van der Waals surface area contributed by atoms with E-state index in [9.17, 15) is 8.42 Å². The van der Waals surface area contributed by atoms with E-state index in [1.807, 2.05) is 0 Å². The Balaban J connectivity index is 2.01. The van der Waals surface area contributed by atoms with Crippen LogP contribution < -0.4 is 16.0 Å². The van der Waals surface area contributed by atoms with Crippen LogP contribution in [0.5, 0.6) is 0 Å². The predicted octanol–water partition coefficient (Wildman–Crippen LogP) is 0.0866. The first-order chi connectivity index (χ1) is 8.35. The van der Waals surface area contributed by atoms with E-state index in [2.05, 4.69) is 34.0 Å². The van der Waals surface area contributed by atoms with E-state index in [1.54, 1.807) is 0 Å². The molecule has 1 aromatic heterocycles. The third-order valence-electron chi connectivity index (χ3n) is 3.30. The van der Waals surface area contributed by atoms with E-state index in [0.29, 0.717) is 12.5 Å². The van der Waals surface area contributed by atoms with E-state index >= 15 is 0 Å². The molecule has 0 saturated heterocycles. The highest BCUT2D eigenvalue weighted by Gasteiger charge is 2.45. The van der Waals surface area contributed by atoms with Crippen LogP contribution >= 0.6 is 0 Å². The molecule has 1 aromatic rings. The van der Waals surface area contributed by atoms with Crippen LogP contribution in [0, 0.1) is 11.3 Å². The number of rotatable bonds is 5. The van der Waals surface area contributed by atoms with Gasteiger partial charge < -0.3 is 0 Å². The Bertz CT molecular complexity index is 526. The molecular weight excluding hydrogens is 254 g/mol. The molecule has 100 valence electrons. The Morgan fingerprint density at radius 1 is 1.44 bits per heavy atom. The van der Waals surface area contributed by atoms with E-state index in [1.165, 1.54) is 12.4 Å². The van der Waals surface area contributed by atoms with E-state index in [0.717, 1.165) is 6.42 Å². The molecule has 0 spiro atoms. The fourth-order valence-corrected chi connectivity index (χ4v) is 2.72. The first-order valence-electron chi connectivity index (χ1n) is 5.63. The van der Waals surface area contributed by atoms with Gasteiger partial charge in [0.1, 0.15) is 4.90 Å². The molecule has 0 bridgehead atoms. The van der Waals surface area contributed by atoms with Crippen molar-refractivity contribution in [2.45, 2.75) is 25.2 Å². The first-order valence-corrected chi connectivity index (χ1v) is 7.12. The van der Waals surface area contributed by atoms with Crippen molar-refractivity contribution in [2.24, 2.45) is 17.2 Å². The predicted molar refractivity (Wildman–Crippen MR) is 66.9 cm³/mol. The zero-order valence-corrected chi connectivity index (χ0v) is 11.2. The van der Waals surface area contributed by atoms with Crippen LogP contribution in [0.3, 0.4) is 0 Å². The van der Waals surface area contributed by atoms with Crippen molar-refractivity contribution >= 4 is 16.0 Å². The number of sulfonamides is 1. The minimum atomic E-state index is -3.53. The van der Waals surface area contributed by atoms with Gasteiger partial charge in [0.05, 0.1) is 12.4 Å². The van der Waals surface area contributed by atoms with Gasteiger partial charge in [0.25, 0.3) is 0 Å². The second-order valence-electron chi connectivity index (χ2n) is 5.13. The number of hydrogen-bond donors (Lipinski definition) is 3. The maximum Gasteiger partial charge on any atom is 0.243 e. The number of nitrogen functional groups attached to an aromatic ring is 1. The third-order valence-corrected chi connectivity index (χ3v) is 4.68. The van der Waals surface area contributed by atoms with Crippen LogP contribution in [0.25, 0.3) is 0 Å². The van der Waals surface area contributed by atoms with Crippen LogP contribution in [0.2, 0.25) is 0 Å². The lowest BCUT2D eigenvalue weighted by Gasteiger charge is -2.07. The number of hydrogen-bond acceptors (Lipinski definition) is 6. The molecule has 0 radical (unpaired) electrons. The molecule has 8 heteroatoms. The van der Waals surface area contributed by atoms with Crippen LogP contribution in [-0.4, -0.2) is 24.9 Å². The smallest absolute Gasteiger partial charge is 0.243 e. The van der Waals surface area contributed by atoms with Gasteiger partial charge in [0.2, 0.25) is 16.0 Å². The normalized spacial score (nSPS) is 21.6. The van der Waals surface area contributed by atoms with Gasteiger partial charge in [-0.1, -0.05) is 13.8 Å². The molecule has 4 N–H and O–H groups in total. The molecule has 1 saturated carbocycles. The summed E-state index contributed by atoms with van der Waals surface area (Å²) in [5.74, 6) is 5.68. The monoisotopic (exact) mass is 271 g/mol. The van der Waals surface area contributed by atoms with Crippen molar-refractivity contribution in [3.8, 4) is 0 Å². The maximum absolute atomic E-state index is 11.9. The van der Waals surface area contributed by atoms with Crippen LogP contribution in [0.1, 0.15) is 20.3 Å². The summed E-state index contributed by atoms with van der Waals surface area (Å²) in [6, 6.07) is 0. The maximum atomic E-state index is 11.9. The molecule has 18 heavy (non-hydrogen) atoms. The van der Waals surface area contributed by atoms with Crippen molar-refractivity contribution in [3.63, 3.8) is 0 Å². The number of aromatic nitrogens is 2. The number of nitrogens with zero attached hydrogens (tertiary/aromatic N) is 2. The van der Waals surface area contributed by atoms with Gasteiger partial charge in [-0.3, -0.25) is 5.43 Å². The highest BCUT2D eigenvalue weighted by atomic mass is 32.2. The van der Waals surface area contributed by atoms with Gasteiger partial charge in [-0.05, 0) is 17.8 Å². The molecular formula is C10H17N5O2S. The van der Waals surface area contributed by atoms with E-state index in [4.69, 9.17) is 5.84 Å². The van der Waals surface area contributed by atoms with Crippen LogP contribution in [0.15, 0.2) is 17.3 Å². The summed E-state index contributed by atoms with van der Waals surface area (Å²) < 4.78 is 26.4. The Hall–Kier alpha value is -1.25. The van der Waals surface area contributed by atoms with Crippen molar-refractivity contribution in [3.05, 3.63) is 12.4 Å². The topological polar surface area (TPSA) is 110 Å². The molecule has 1 unspecified atom stereocenters. The second-order valence-corrected chi connectivity index (χ2v) is 6.90. The molecule has 1 heterocycles. The number of nitrogens with one attached hydrogen (secondary N) is 2. The summed E-state index contributed by atoms with van der Waals surface area (Å²) in [6.45, 7) is 4.69. The average Bonchev–Trinajstić information content (AvgIpc) is 2.95. The molecule has 1 aliphatic rings. The lowest BCUT2D eigenvalue weighted by Crippen LogP contribution is -2.27. The fourth-order valence-electron chi connectivity index (χ4n) is 1.75. The Labute approximate surface area is 106 Å². The summed E-state index contributed by atoms with van der Waals surface area (Å²) in [6.07, 6.45) is 3.49. The van der Waals surface area contributed by atoms with Gasteiger partial charge in [-0.25, -0.2) is 29.0 Å². The molecule has 1 atom stereocenters. The number of nitrogens with two attached hydrogens (primary N) is 1. The standard InChI is InChI=1S/C10H17N5O2S/c1-10(2)3-7(10)4-14-18(16,17)8-5-12-9(15-11)13-6-8/h5-7,14H,3-4,11H2,1-2H3,(H,12,13,15). The van der Waals surface area contributed by atoms with Crippen molar-refractivity contribution in [2.75, 3.05) is 12.0 Å². The number of anilines is 1. The van der Waals surface area contributed by atoms with E-state index < -0.39 is 10.0 Å². The quantitative estimate of drug-likeness (QED) is 0.517. The van der Waals surface area contributed by atoms with Gasteiger partial charge in [-0.15, -0.1) is 0 Å². The zero-order chi connectivity index (χ0) is 13.4. The summed E-state index contributed by atoms with van der Waals surface area (Å²) in [5.41, 5.74) is 2.48. The van der Waals surface area contributed by atoms with E-state index in [-0.39, 0.29) is 16.3 Å². The third kappa shape index (κ3) is 2.77. The highest BCUT2D eigenvalue weighted by molar-refractivity contribution is 7.89. The van der Waals surface area contributed by atoms with Crippen LogP contribution in [-0.2, 0) is 10.0 Å². The zero-order valence-electron chi connectivity index (χ0n) is 10.3. The van der Waals surface area contributed by atoms with Crippen molar-refractivity contribution < 1.29 is 8.42 Å². The Morgan fingerprint density at radius 3 is 2.44 bits per heavy atom.